The molecule has 0 radical (unpaired) electrons. The average molecular weight is 169 g/mol. The van der Waals surface area contributed by atoms with E-state index in [2.05, 4.69) is 22.6 Å². The van der Waals surface area contributed by atoms with Crippen molar-refractivity contribution in [2.24, 2.45) is 0 Å². The third-order valence-corrected chi connectivity index (χ3v) is 2.91. The minimum atomic E-state index is -0.000414. The molecular weight excluding hydrogens is 154 g/mol. The Bertz CT molecular complexity index is 196. The fourth-order valence-corrected chi connectivity index (χ4v) is 1.93. The summed E-state index contributed by atoms with van der Waals surface area (Å²) in [5.74, 6) is 0. The number of urea groups is 1. The normalized spacial score (nSPS) is 28.6. The van der Waals surface area contributed by atoms with Gasteiger partial charge in [-0.3, -0.25) is 0 Å². The molecule has 0 atom stereocenters. The molecule has 0 bridgehead atoms. The molecule has 0 aromatic heterocycles. The van der Waals surface area contributed by atoms with Crippen LogP contribution in [0.1, 0.15) is 12.8 Å². The van der Waals surface area contributed by atoms with E-state index in [1.54, 1.807) is 0 Å². The highest BCUT2D eigenvalue weighted by Crippen LogP contribution is 2.23. The summed E-state index contributed by atoms with van der Waals surface area (Å²) in [5.41, 5.74) is 0.0730. The Morgan fingerprint density at radius 1 is 1.42 bits per heavy atom. The molecule has 4 nitrogen and oxygen atoms in total. The fraction of sp³-hybridized carbons (Fsp3) is 0.875. The van der Waals surface area contributed by atoms with Gasteiger partial charge in [0.1, 0.15) is 0 Å². The predicted molar refractivity (Wildman–Crippen MR) is 46.0 cm³/mol. The molecule has 4 heteroatoms. The number of carbonyl (C=O) groups is 1. The predicted octanol–water partition coefficient (Wildman–Crippen LogP) is -0.236. The van der Waals surface area contributed by atoms with Gasteiger partial charge >= 0.3 is 6.03 Å². The Balaban J connectivity index is 1.99. The monoisotopic (exact) mass is 169 g/mol. The summed E-state index contributed by atoms with van der Waals surface area (Å²) < 4.78 is 0. The zero-order valence-electron chi connectivity index (χ0n) is 7.39. The Morgan fingerprint density at radius 2 is 2.08 bits per heavy atom. The van der Waals surface area contributed by atoms with E-state index in [0.717, 1.165) is 32.5 Å². The Labute approximate surface area is 72.3 Å². The minimum absolute atomic E-state index is 0.000414. The smallest absolute Gasteiger partial charge is 0.315 e. The van der Waals surface area contributed by atoms with Crippen LogP contribution in [0.5, 0.6) is 0 Å². The zero-order valence-corrected chi connectivity index (χ0v) is 7.39. The van der Waals surface area contributed by atoms with E-state index in [-0.39, 0.29) is 11.6 Å². The summed E-state index contributed by atoms with van der Waals surface area (Å²) in [5, 5.41) is 5.84. The standard InChI is InChI=1S/C8H15N3O/c1-11-4-2-8(3-5-11)6-9-7(12)10-8/h2-6H2,1H3,(H2,9,10,12). The summed E-state index contributed by atoms with van der Waals surface area (Å²) in [6.07, 6.45) is 2.14. The molecule has 2 aliphatic rings. The molecule has 68 valence electrons. The first-order valence-electron chi connectivity index (χ1n) is 4.45. The number of amides is 2. The second kappa shape index (κ2) is 2.62. The lowest BCUT2D eigenvalue weighted by Crippen LogP contribution is -2.51. The molecule has 2 saturated heterocycles. The van der Waals surface area contributed by atoms with Crippen LogP contribution in [0.4, 0.5) is 4.79 Å². The van der Waals surface area contributed by atoms with Gasteiger partial charge < -0.3 is 15.5 Å². The van der Waals surface area contributed by atoms with Gasteiger partial charge in [0, 0.05) is 19.6 Å². The van der Waals surface area contributed by atoms with Crippen molar-refractivity contribution in [1.29, 1.82) is 0 Å². The highest BCUT2D eigenvalue weighted by molar-refractivity contribution is 5.77. The largest absolute Gasteiger partial charge is 0.336 e. The summed E-state index contributed by atoms with van der Waals surface area (Å²) in [6, 6.07) is -0.000414. The van der Waals surface area contributed by atoms with Crippen LogP contribution < -0.4 is 10.6 Å². The summed E-state index contributed by atoms with van der Waals surface area (Å²) in [6.45, 7) is 2.98. The highest BCUT2D eigenvalue weighted by atomic mass is 16.2. The summed E-state index contributed by atoms with van der Waals surface area (Å²) in [7, 11) is 2.12. The zero-order chi connectivity index (χ0) is 8.60. The molecular formula is C8H15N3O. The second-order valence-electron chi connectivity index (χ2n) is 3.89. The van der Waals surface area contributed by atoms with Gasteiger partial charge in [0.05, 0.1) is 5.54 Å². The number of rotatable bonds is 0. The molecule has 2 rings (SSSR count). The number of nitrogens with one attached hydrogen (secondary N) is 2. The van der Waals surface area contributed by atoms with Gasteiger partial charge in [0.25, 0.3) is 0 Å². The molecule has 1 spiro atoms. The summed E-state index contributed by atoms with van der Waals surface area (Å²) in [4.78, 5) is 13.3. The van der Waals surface area contributed by atoms with Crippen molar-refractivity contribution in [1.82, 2.24) is 15.5 Å². The van der Waals surface area contributed by atoms with E-state index in [1.807, 2.05) is 0 Å². The highest BCUT2D eigenvalue weighted by Gasteiger charge is 2.39. The molecule has 2 aliphatic heterocycles. The lowest BCUT2D eigenvalue weighted by molar-refractivity contribution is 0.182. The van der Waals surface area contributed by atoms with Crippen LogP contribution in [0.15, 0.2) is 0 Å². The van der Waals surface area contributed by atoms with Gasteiger partial charge in [-0.05, 0) is 19.9 Å². The molecule has 0 saturated carbocycles. The van der Waals surface area contributed by atoms with Crippen LogP contribution in [0.25, 0.3) is 0 Å². The average Bonchev–Trinajstić information content (AvgIpc) is 2.40. The summed E-state index contributed by atoms with van der Waals surface area (Å²) >= 11 is 0. The molecule has 2 fully saturated rings. The lowest BCUT2D eigenvalue weighted by atomic mass is 9.89. The maximum absolute atomic E-state index is 11.0. The van der Waals surface area contributed by atoms with Crippen molar-refractivity contribution in [3.63, 3.8) is 0 Å². The number of piperidine rings is 1. The fourth-order valence-electron chi connectivity index (χ4n) is 1.93. The van der Waals surface area contributed by atoms with Crippen LogP contribution in [0, 0.1) is 0 Å². The van der Waals surface area contributed by atoms with Gasteiger partial charge in [-0.25, -0.2) is 4.79 Å². The maximum Gasteiger partial charge on any atom is 0.315 e. The number of likely N-dealkylation sites (tertiary alicyclic amines) is 1. The van der Waals surface area contributed by atoms with Crippen molar-refractivity contribution >= 4 is 6.03 Å². The van der Waals surface area contributed by atoms with Crippen LogP contribution in [-0.4, -0.2) is 43.2 Å². The molecule has 0 aromatic rings. The topological polar surface area (TPSA) is 44.4 Å². The van der Waals surface area contributed by atoms with E-state index in [1.165, 1.54) is 0 Å². The van der Waals surface area contributed by atoms with Crippen molar-refractivity contribution in [2.75, 3.05) is 26.7 Å². The first-order chi connectivity index (χ1) is 5.70. The van der Waals surface area contributed by atoms with E-state index in [0.29, 0.717) is 0 Å². The van der Waals surface area contributed by atoms with E-state index in [9.17, 15) is 4.79 Å². The molecule has 12 heavy (non-hydrogen) atoms. The third-order valence-electron chi connectivity index (χ3n) is 2.91. The third kappa shape index (κ3) is 1.27. The number of carbonyl (C=O) groups excluding carboxylic acids is 1. The van der Waals surface area contributed by atoms with Crippen molar-refractivity contribution in [3.8, 4) is 0 Å². The van der Waals surface area contributed by atoms with Crippen molar-refractivity contribution in [3.05, 3.63) is 0 Å². The Morgan fingerprint density at radius 3 is 2.58 bits per heavy atom. The molecule has 2 N–H and O–H groups in total. The SMILES string of the molecule is CN1CCC2(CC1)CNC(=O)N2. The number of hydrogen-bond donors (Lipinski definition) is 2. The number of nitrogens with zero attached hydrogens (tertiary/aromatic N) is 1. The first kappa shape index (κ1) is 7.86. The van der Waals surface area contributed by atoms with E-state index < -0.39 is 0 Å². The van der Waals surface area contributed by atoms with Gasteiger partial charge in [-0.15, -0.1) is 0 Å². The Kier molecular flexibility index (Phi) is 1.72. The van der Waals surface area contributed by atoms with Crippen molar-refractivity contribution < 1.29 is 4.79 Å². The Hall–Kier alpha value is -0.770. The lowest BCUT2D eigenvalue weighted by Gasteiger charge is -2.36. The van der Waals surface area contributed by atoms with Gasteiger partial charge in [-0.1, -0.05) is 0 Å². The molecule has 0 aliphatic carbocycles. The van der Waals surface area contributed by atoms with Crippen molar-refractivity contribution in [2.45, 2.75) is 18.4 Å². The minimum Gasteiger partial charge on any atom is -0.336 e. The quantitative estimate of drug-likeness (QED) is 0.526. The van der Waals surface area contributed by atoms with Gasteiger partial charge in [0.2, 0.25) is 0 Å². The van der Waals surface area contributed by atoms with Gasteiger partial charge in [-0.2, -0.15) is 0 Å². The molecule has 2 amide bonds. The van der Waals surface area contributed by atoms with Crippen LogP contribution in [-0.2, 0) is 0 Å². The molecule has 2 heterocycles. The van der Waals surface area contributed by atoms with Crippen LogP contribution in [0.3, 0.4) is 0 Å². The van der Waals surface area contributed by atoms with E-state index >= 15 is 0 Å². The van der Waals surface area contributed by atoms with E-state index in [4.69, 9.17) is 0 Å². The maximum atomic E-state index is 11.0. The molecule has 0 aromatic carbocycles. The molecule has 0 unspecified atom stereocenters. The van der Waals surface area contributed by atoms with Crippen LogP contribution in [0.2, 0.25) is 0 Å². The van der Waals surface area contributed by atoms with Gasteiger partial charge in [0.15, 0.2) is 0 Å². The van der Waals surface area contributed by atoms with Crippen LogP contribution >= 0.6 is 0 Å². The second-order valence-corrected chi connectivity index (χ2v) is 3.89. The first-order valence-corrected chi connectivity index (χ1v) is 4.45. The number of hydrogen-bond acceptors (Lipinski definition) is 2.